The van der Waals surface area contributed by atoms with E-state index in [0.717, 1.165) is 45.1 Å². The molecule has 1 atom stereocenters. The number of aromatic nitrogens is 2. The fraction of sp³-hybridized carbons (Fsp3) is 0.750. The largest absolute Gasteiger partial charge is 0.379 e. The van der Waals surface area contributed by atoms with Gasteiger partial charge in [-0.1, -0.05) is 13.8 Å². The second-order valence-corrected chi connectivity index (χ2v) is 8.90. The molecule has 0 unspecified atom stereocenters. The maximum atomic E-state index is 11.8. The average Bonchev–Trinajstić information content (AvgIpc) is 2.63. The lowest BCUT2D eigenvalue weighted by molar-refractivity contribution is -0.174. The summed E-state index contributed by atoms with van der Waals surface area (Å²) in [5.74, 6) is 1.21. The van der Waals surface area contributed by atoms with Crippen molar-refractivity contribution in [1.29, 1.82) is 0 Å². The molecule has 148 valence electrons. The summed E-state index contributed by atoms with van der Waals surface area (Å²) in [5.41, 5.74) is 6.41. The van der Waals surface area contributed by atoms with Crippen LogP contribution in [0, 0.1) is 11.3 Å². The first-order chi connectivity index (χ1) is 12.8. The van der Waals surface area contributed by atoms with E-state index in [1.807, 2.05) is 6.92 Å². The van der Waals surface area contributed by atoms with Crippen LogP contribution in [0.1, 0.15) is 69.7 Å². The van der Waals surface area contributed by atoms with Crippen LogP contribution >= 0.6 is 0 Å². The Balaban J connectivity index is 1.44. The van der Waals surface area contributed by atoms with Crippen molar-refractivity contribution in [2.24, 2.45) is 17.1 Å². The number of anilines is 2. The van der Waals surface area contributed by atoms with Crippen molar-refractivity contribution in [3.63, 3.8) is 0 Å². The predicted molar refractivity (Wildman–Crippen MR) is 105 cm³/mol. The van der Waals surface area contributed by atoms with Gasteiger partial charge in [-0.25, -0.2) is 4.98 Å². The van der Waals surface area contributed by atoms with Gasteiger partial charge in [-0.05, 0) is 56.8 Å². The summed E-state index contributed by atoms with van der Waals surface area (Å²) in [7, 11) is 0. The summed E-state index contributed by atoms with van der Waals surface area (Å²) in [6, 6.07) is 0.335. The number of hydrogen-bond acceptors (Lipinski definition) is 6. The quantitative estimate of drug-likeness (QED) is 0.679. The van der Waals surface area contributed by atoms with E-state index in [0.29, 0.717) is 40.8 Å². The number of hydrogen-bond donors (Lipinski definition) is 3. The molecule has 4 aliphatic carbocycles. The minimum absolute atomic E-state index is 0.0557. The molecule has 1 heterocycles. The molecule has 4 aliphatic rings. The van der Waals surface area contributed by atoms with Crippen molar-refractivity contribution < 1.29 is 9.53 Å². The highest BCUT2D eigenvalue weighted by molar-refractivity contribution is 5.97. The molecule has 5 rings (SSSR count). The number of nitrogens with one attached hydrogen (secondary N) is 2. The predicted octanol–water partition coefficient (Wildman–Crippen LogP) is 2.94. The number of ether oxygens (including phenoxy) is 1. The molecule has 2 bridgehead atoms. The molecule has 4 fully saturated rings. The van der Waals surface area contributed by atoms with E-state index >= 15 is 0 Å². The van der Waals surface area contributed by atoms with Gasteiger partial charge in [0.1, 0.15) is 5.82 Å². The lowest BCUT2D eigenvalue weighted by atomic mass is 9.34. The minimum atomic E-state index is -0.494. The molecule has 0 aromatic carbocycles. The van der Waals surface area contributed by atoms with E-state index < -0.39 is 5.91 Å². The summed E-state index contributed by atoms with van der Waals surface area (Å²) in [6.07, 6.45) is 8.33. The highest BCUT2D eigenvalue weighted by atomic mass is 16.5. The minimum Gasteiger partial charge on any atom is -0.379 e. The first-order valence-corrected chi connectivity index (χ1v) is 10.2. The van der Waals surface area contributed by atoms with Gasteiger partial charge < -0.3 is 21.1 Å². The lowest BCUT2D eigenvalue weighted by Crippen LogP contribution is -2.76. The Kier molecular flexibility index (Phi) is 4.53. The normalized spacial score (nSPS) is 37.1. The third-order valence-corrected chi connectivity index (χ3v) is 7.14. The van der Waals surface area contributed by atoms with Crippen LogP contribution in [0.15, 0.2) is 6.20 Å². The molecule has 27 heavy (non-hydrogen) atoms. The summed E-state index contributed by atoms with van der Waals surface area (Å²) in [6.45, 7) is 7.40. The zero-order chi connectivity index (χ0) is 19.2. The maximum absolute atomic E-state index is 11.8. The topological polar surface area (TPSA) is 102 Å². The standard InChI is InChI=1S/C20H31N5O2/c1-4-27-14-7-5-13(6-8-14)23-18-22-9-15(16(21)26)17(24-18)25-20-10-19(3,11-20)12(20)2/h9,12-14H,4-8,10-11H2,1-3H3,(H2,21,26)(H2,22,23,24,25)/t12-,13?,14?,19?,20?/m0/s1. The number of primary amides is 1. The fourth-order valence-electron chi connectivity index (χ4n) is 5.36. The second kappa shape index (κ2) is 6.62. The van der Waals surface area contributed by atoms with E-state index in [-0.39, 0.29) is 5.54 Å². The van der Waals surface area contributed by atoms with Crippen molar-refractivity contribution in [3.8, 4) is 0 Å². The number of nitrogens with two attached hydrogens (primary N) is 1. The first kappa shape index (κ1) is 18.5. The summed E-state index contributed by atoms with van der Waals surface area (Å²) < 4.78 is 5.72. The molecule has 1 amide bonds. The first-order valence-electron chi connectivity index (χ1n) is 10.2. The monoisotopic (exact) mass is 373 g/mol. The molecular formula is C20H31N5O2. The fourth-order valence-corrected chi connectivity index (χ4v) is 5.36. The molecule has 0 spiro atoms. The molecule has 4 saturated carbocycles. The third-order valence-electron chi connectivity index (χ3n) is 7.14. The van der Waals surface area contributed by atoms with Gasteiger partial charge in [0, 0.05) is 24.4 Å². The van der Waals surface area contributed by atoms with E-state index in [1.165, 1.54) is 0 Å². The third kappa shape index (κ3) is 3.16. The lowest BCUT2D eigenvalue weighted by Gasteiger charge is -2.75. The van der Waals surface area contributed by atoms with Crippen LogP contribution in [-0.4, -0.2) is 40.2 Å². The van der Waals surface area contributed by atoms with Crippen molar-refractivity contribution in [3.05, 3.63) is 11.8 Å². The van der Waals surface area contributed by atoms with Crippen LogP contribution in [0.25, 0.3) is 0 Å². The van der Waals surface area contributed by atoms with Crippen LogP contribution < -0.4 is 16.4 Å². The Morgan fingerprint density at radius 1 is 1.33 bits per heavy atom. The highest BCUT2D eigenvalue weighted by Gasteiger charge is 2.71. The SMILES string of the molecule is CCOC1CCC(Nc2ncc(C(N)=O)c(NC34CC(C)(C3)[C@@H]4C)n2)CC1. The molecule has 1 aromatic rings. The zero-order valence-corrected chi connectivity index (χ0v) is 16.5. The maximum Gasteiger partial charge on any atom is 0.254 e. The molecule has 7 nitrogen and oxygen atoms in total. The van der Waals surface area contributed by atoms with Crippen molar-refractivity contribution in [1.82, 2.24) is 9.97 Å². The number of nitrogens with zero attached hydrogens (tertiary/aromatic N) is 2. The smallest absolute Gasteiger partial charge is 0.254 e. The molecule has 0 saturated heterocycles. The molecular weight excluding hydrogens is 342 g/mol. The number of amides is 1. The van der Waals surface area contributed by atoms with Gasteiger partial charge in [0.25, 0.3) is 5.91 Å². The van der Waals surface area contributed by atoms with Gasteiger partial charge in [0.15, 0.2) is 0 Å². The van der Waals surface area contributed by atoms with Gasteiger partial charge in [-0.15, -0.1) is 0 Å². The highest BCUT2D eigenvalue weighted by Crippen LogP contribution is 2.71. The van der Waals surface area contributed by atoms with Crippen molar-refractivity contribution in [2.45, 2.75) is 77.0 Å². The van der Waals surface area contributed by atoms with E-state index in [9.17, 15) is 4.79 Å². The van der Waals surface area contributed by atoms with E-state index in [4.69, 9.17) is 10.5 Å². The van der Waals surface area contributed by atoms with E-state index in [1.54, 1.807) is 6.20 Å². The number of rotatable bonds is 7. The Bertz CT molecular complexity index is 723. The van der Waals surface area contributed by atoms with Crippen molar-refractivity contribution >= 4 is 17.7 Å². The Morgan fingerprint density at radius 3 is 2.59 bits per heavy atom. The van der Waals surface area contributed by atoms with Crippen LogP contribution in [0.4, 0.5) is 11.8 Å². The molecule has 7 heteroatoms. The Hall–Kier alpha value is -1.89. The van der Waals surface area contributed by atoms with Gasteiger partial charge >= 0.3 is 0 Å². The van der Waals surface area contributed by atoms with Crippen LogP contribution in [0.5, 0.6) is 0 Å². The van der Waals surface area contributed by atoms with Crippen molar-refractivity contribution in [2.75, 3.05) is 17.2 Å². The van der Waals surface area contributed by atoms with E-state index in [2.05, 4.69) is 34.4 Å². The van der Waals surface area contributed by atoms with Gasteiger partial charge in [0.2, 0.25) is 5.95 Å². The summed E-state index contributed by atoms with van der Waals surface area (Å²) in [4.78, 5) is 20.8. The van der Waals surface area contributed by atoms with Gasteiger partial charge in [-0.2, -0.15) is 4.98 Å². The molecule has 0 radical (unpaired) electrons. The van der Waals surface area contributed by atoms with Gasteiger partial charge in [0.05, 0.1) is 11.7 Å². The van der Waals surface area contributed by atoms with Crippen LogP contribution in [0.3, 0.4) is 0 Å². The molecule has 1 aromatic heterocycles. The second-order valence-electron chi connectivity index (χ2n) is 8.90. The number of carbonyl (C=O) groups excluding carboxylic acids is 1. The Labute approximate surface area is 160 Å². The molecule has 0 aliphatic heterocycles. The van der Waals surface area contributed by atoms with Gasteiger partial charge in [-0.3, -0.25) is 4.79 Å². The summed E-state index contributed by atoms with van der Waals surface area (Å²) >= 11 is 0. The number of carbonyl (C=O) groups is 1. The van der Waals surface area contributed by atoms with Crippen LogP contribution in [0.2, 0.25) is 0 Å². The van der Waals surface area contributed by atoms with Crippen LogP contribution in [-0.2, 0) is 4.74 Å². The zero-order valence-electron chi connectivity index (χ0n) is 16.5. The average molecular weight is 374 g/mol. The molecule has 4 N–H and O–H groups in total. The Morgan fingerprint density at radius 2 is 2.04 bits per heavy atom. The summed E-state index contributed by atoms with van der Waals surface area (Å²) in [5, 5.41) is 6.97.